The Hall–Kier alpha value is -1.52. The van der Waals surface area contributed by atoms with Gasteiger partial charge in [-0.25, -0.2) is 0 Å². The molecule has 0 bridgehead atoms. The SMILES string of the molecule is Cn1cnnc1Cn1ccc2c(Cl)cc(Cl)cc21. The van der Waals surface area contributed by atoms with Crippen LogP contribution in [0.4, 0.5) is 0 Å². The van der Waals surface area contributed by atoms with Gasteiger partial charge < -0.3 is 9.13 Å². The maximum Gasteiger partial charge on any atom is 0.152 e. The molecule has 2 aromatic heterocycles. The quantitative estimate of drug-likeness (QED) is 0.723. The summed E-state index contributed by atoms with van der Waals surface area (Å²) >= 11 is 12.2. The summed E-state index contributed by atoms with van der Waals surface area (Å²) < 4.78 is 3.94. The van der Waals surface area contributed by atoms with E-state index < -0.39 is 0 Å². The van der Waals surface area contributed by atoms with E-state index >= 15 is 0 Å². The van der Waals surface area contributed by atoms with Gasteiger partial charge in [-0.05, 0) is 18.2 Å². The number of benzene rings is 1. The van der Waals surface area contributed by atoms with Crippen LogP contribution in [0, 0.1) is 0 Å². The van der Waals surface area contributed by atoms with Gasteiger partial charge in [-0.15, -0.1) is 10.2 Å². The van der Waals surface area contributed by atoms with Crippen molar-refractivity contribution in [3.63, 3.8) is 0 Å². The van der Waals surface area contributed by atoms with Crippen LogP contribution in [-0.2, 0) is 13.6 Å². The number of hydrogen-bond acceptors (Lipinski definition) is 2. The summed E-state index contributed by atoms with van der Waals surface area (Å²) in [6.45, 7) is 0.636. The second-order valence-electron chi connectivity index (χ2n) is 4.12. The van der Waals surface area contributed by atoms with Gasteiger partial charge in [-0.3, -0.25) is 0 Å². The Kier molecular flexibility index (Phi) is 2.76. The van der Waals surface area contributed by atoms with E-state index in [4.69, 9.17) is 23.2 Å². The highest BCUT2D eigenvalue weighted by atomic mass is 35.5. The van der Waals surface area contributed by atoms with Crippen molar-refractivity contribution in [3.8, 4) is 0 Å². The fourth-order valence-electron chi connectivity index (χ4n) is 1.96. The average Bonchev–Trinajstić information content (AvgIpc) is 2.88. The molecule has 0 amide bonds. The Labute approximate surface area is 114 Å². The minimum absolute atomic E-state index is 0.630. The zero-order valence-corrected chi connectivity index (χ0v) is 11.2. The highest BCUT2D eigenvalue weighted by molar-refractivity contribution is 6.38. The normalized spacial score (nSPS) is 11.3. The topological polar surface area (TPSA) is 35.6 Å². The summed E-state index contributed by atoms with van der Waals surface area (Å²) in [6, 6.07) is 5.63. The number of fused-ring (bicyclic) bond motifs is 1. The highest BCUT2D eigenvalue weighted by Gasteiger charge is 2.08. The Morgan fingerprint density at radius 3 is 2.83 bits per heavy atom. The molecule has 0 aliphatic heterocycles. The number of hydrogen-bond donors (Lipinski definition) is 0. The summed E-state index contributed by atoms with van der Waals surface area (Å²) in [5, 5.41) is 10.2. The van der Waals surface area contributed by atoms with Crippen LogP contribution in [-0.4, -0.2) is 19.3 Å². The zero-order chi connectivity index (χ0) is 12.7. The van der Waals surface area contributed by atoms with E-state index in [1.54, 1.807) is 12.4 Å². The molecule has 0 fully saturated rings. The third-order valence-corrected chi connectivity index (χ3v) is 3.45. The van der Waals surface area contributed by atoms with Crippen molar-refractivity contribution in [1.29, 1.82) is 0 Å². The first-order chi connectivity index (χ1) is 8.65. The molecular formula is C12H10Cl2N4. The monoisotopic (exact) mass is 280 g/mol. The van der Waals surface area contributed by atoms with E-state index in [1.807, 2.05) is 29.9 Å². The molecule has 4 nitrogen and oxygen atoms in total. The largest absolute Gasteiger partial charge is 0.340 e. The summed E-state index contributed by atoms with van der Waals surface area (Å²) in [7, 11) is 1.92. The molecule has 18 heavy (non-hydrogen) atoms. The predicted molar refractivity (Wildman–Crippen MR) is 72.1 cm³/mol. The Bertz CT molecular complexity index is 714. The van der Waals surface area contributed by atoms with Crippen molar-refractivity contribution in [2.24, 2.45) is 7.05 Å². The van der Waals surface area contributed by atoms with Crippen molar-refractivity contribution in [2.45, 2.75) is 6.54 Å². The molecule has 3 aromatic rings. The van der Waals surface area contributed by atoms with Crippen LogP contribution in [0.1, 0.15) is 5.82 Å². The number of rotatable bonds is 2. The van der Waals surface area contributed by atoms with Crippen LogP contribution >= 0.6 is 23.2 Å². The van der Waals surface area contributed by atoms with E-state index in [-0.39, 0.29) is 0 Å². The smallest absolute Gasteiger partial charge is 0.152 e. The molecule has 0 N–H and O–H groups in total. The third kappa shape index (κ3) is 1.87. The van der Waals surface area contributed by atoms with Gasteiger partial charge >= 0.3 is 0 Å². The molecule has 0 spiro atoms. The van der Waals surface area contributed by atoms with E-state index in [0.29, 0.717) is 16.6 Å². The van der Waals surface area contributed by atoms with Gasteiger partial charge in [-0.1, -0.05) is 23.2 Å². The van der Waals surface area contributed by atoms with E-state index in [2.05, 4.69) is 14.8 Å². The molecule has 6 heteroatoms. The lowest BCUT2D eigenvalue weighted by Gasteiger charge is -2.05. The molecule has 0 saturated carbocycles. The molecule has 92 valence electrons. The Balaban J connectivity index is 2.10. The van der Waals surface area contributed by atoms with Gasteiger partial charge in [0.2, 0.25) is 0 Å². The molecule has 0 radical (unpaired) electrons. The molecule has 0 aliphatic rings. The standard InChI is InChI=1S/C12H10Cl2N4/c1-17-7-15-16-12(17)6-18-3-2-9-10(14)4-8(13)5-11(9)18/h2-5,7H,6H2,1H3. The molecule has 0 atom stereocenters. The molecule has 1 aromatic carbocycles. The third-order valence-electron chi connectivity index (χ3n) is 2.92. The molecule has 0 saturated heterocycles. The van der Waals surface area contributed by atoms with Gasteiger partial charge in [-0.2, -0.15) is 0 Å². The van der Waals surface area contributed by atoms with Crippen LogP contribution in [0.2, 0.25) is 10.0 Å². The summed E-state index contributed by atoms with van der Waals surface area (Å²) in [5.41, 5.74) is 0.996. The predicted octanol–water partition coefficient (Wildman–Crippen LogP) is 3.12. The number of aromatic nitrogens is 4. The van der Waals surface area contributed by atoms with Crippen molar-refractivity contribution < 1.29 is 0 Å². The first kappa shape index (κ1) is 11.6. The van der Waals surface area contributed by atoms with Crippen LogP contribution in [0.15, 0.2) is 30.7 Å². The van der Waals surface area contributed by atoms with E-state index in [0.717, 1.165) is 16.7 Å². The van der Waals surface area contributed by atoms with Gasteiger partial charge in [0, 0.05) is 23.7 Å². The molecule has 2 heterocycles. The van der Waals surface area contributed by atoms with Crippen LogP contribution in [0.25, 0.3) is 10.9 Å². The maximum atomic E-state index is 6.16. The summed E-state index contributed by atoms with van der Waals surface area (Å²) in [5.74, 6) is 0.878. The van der Waals surface area contributed by atoms with Gasteiger partial charge in [0.1, 0.15) is 6.33 Å². The highest BCUT2D eigenvalue weighted by Crippen LogP contribution is 2.28. The fourth-order valence-corrected chi connectivity index (χ4v) is 2.50. The van der Waals surface area contributed by atoms with Crippen LogP contribution in [0.5, 0.6) is 0 Å². The van der Waals surface area contributed by atoms with Gasteiger partial charge in [0.25, 0.3) is 0 Å². The first-order valence-electron chi connectivity index (χ1n) is 5.42. The lowest BCUT2D eigenvalue weighted by molar-refractivity contribution is 0.716. The lowest BCUT2D eigenvalue weighted by atomic mass is 10.2. The molecule has 0 unspecified atom stereocenters. The van der Waals surface area contributed by atoms with Crippen molar-refractivity contribution in [1.82, 2.24) is 19.3 Å². The number of halogens is 2. The van der Waals surface area contributed by atoms with Crippen LogP contribution < -0.4 is 0 Å². The second kappa shape index (κ2) is 4.30. The Morgan fingerprint density at radius 1 is 1.28 bits per heavy atom. The second-order valence-corrected chi connectivity index (χ2v) is 4.97. The molecule has 3 rings (SSSR count). The maximum absolute atomic E-state index is 6.16. The van der Waals surface area contributed by atoms with E-state index in [9.17, 15) is 0 Å². The first-order valence-corrected chi connectivity index (χ1v) is 6.17. The van der Waals surface area contributed by atoms with Crippen molar-refractivity contribution >= 4 is 34.1 Å². The van der Waals surface area contributed by atoms with Gasteiger partial charge in [0.15, 0.2) is 5.82 Å². The van der Waals surface area contributed by atoms with Crippen molar-refractivity contribution in [2.75, 3.05) is 0 Å². The molecule has 0 aliphatic carbocycles. The van der Waals surface area contributed by atoms with Crippen molar-refractivity contribution in [3.05, 3.63) is 46.6 Å². The minimum Gasteiger partial charge on any atom is -0.340 e. The van der Waals surface area contributed by atoms with Crippen LogP contribution in [0.3, 0.4) is 0 Å². The lowest BCUT2D eigenvalue weighted by Crippen LogP contribution is -2.04. The number of nitrogens with zero attached hydrogens (tertiary/aromatic N) is 4. The molecular weight excluding hydrogens is 271 g/mol. The Morgan fingerprint density at radius 2 is 2.11 bits per heavy atom. The summed E-state index contributed by atoms with van der Waals surface area (Å²) in [4.78, 5) is 0. The van der Waals surface area contributed by atoms with E-state index in [1.165, 1.54) is 0 Å². The van der Waals surface area contributed by atoms with Gasteiger partial charge in [0.05, 0.1) is 17.1 Å². The number of aryl methyl sites for hydroxylation is 1. The minimum atomic E-state index is 0.630. The average molecular weight is 281 g/mol. The zero-order valence-electron chi connectivity index (χ0n) is 9.64. The summed E-state index contributed by atoms with van der Waals surface area (Å²) in [6.07, 6.45) is 3.66. The fraction of sp³-hybridized carbons (Fsp3) is 0.167.